The Morgan fingerprint density at radius 2 is 2.23 bits per heavy atom. The Bertz CT molecular complexity index is 717. The second-order valence-electron chi connectivity index (χ2n) is 7.59. The molecule has 0 unspecified atom stereocenters. The topological polar surface area (TPSA) is 59.3 Å². The van der Waals surface area contributed by atoms with Crippen molar-refractivity contribution >= 4 is 11.7 Å². The molecule has 2 aromatic heterocycles. The summed E-state index contributed by atoms with van der Waals surface area (Å²) in [5.41, 5.74) is 0.929. The molecule has 0 aromatic carbocycles. The molecular weight excluding hydrogens is 276 g/mol. The minimum Gasteiger partial charge on any atom is -0.347 e. The van der Waals surface area contributed by atoms with E-state index in [4.69, 9.17) is 0 Å². The molecular formula is C17H22N4O. The minimum absolute atomic E-state index is 0.0833. The van der Waals surface area contributed by atoms with E-state index in [9.17, 15) is 4.79 Å². The number of nitrogens with one attached hydrogen (secondary N) is 1. The average Bonchev–Trinajstić information content (AvgIpc) is 3.06. The molecule has 0 spiro atoms. The van der Waals surface area contributed by atoms with Gasteiger partial charge in [-0.05, 0) is 42.1 Å². The fraction of sp³-hybridized carbons (Fsp3) is 0.588. The Kier molecular flexibility index (Phi) is 2.69. The van der Waals surface area contributed by atoms with Crippen LogP contribution in [-0.2, 0) is 0 Å². The second kappa shape index (κ2) is 4.31. The molecule has 2 heterocycles. The standard InChI is InChI=1S/C17H22N4O/c1-16(2)11-5-6-17(16,3)13(9-11)20-14(22)12-10-21-8-4-7-18-15(21)19-12/h4,7-8,10-11,13H,5-6,9H2,1-3H3,(H,20,22)/t11-,13+,17-/m0/s1. The molecule has 0 saturated heterocycles. The summed E-state index contributed by atoms with van der Waals surface area (Å²) in [4.78, 5) is 21.1. The van der Waals surface area contributed by atoms with Crippen molar-refractivity contribution in [1.29, 1.82) is 0 Å². The third kappa shape index (κ3) is 1.68. The largest absolute Gasteiger partial charge is 0.347 e. The number of hydrogen-bond acceptors (Lipinski definition) is 3. The summed E-state index contributed by atoms with van der Waals surface area (Å²) >= 11 is 0. The Hall–Kier alpha value is -1.91. The van der Waals surface area contributed by atoms with Crippen LogP contribution in [0.2, 0.25) is 0 Å². The number of rotatable bonds is 2. The lowest BCUT2D eigenvalue weighted by Gasteiger charge is -2.39. The summed E-state index contributed by atoms with van der Waals surface area (Å²) in [5, 5.41) is 3.24. The zero-order valence-corrected chi connectivity index (χ0v) is 13.3. The lowest BCUT2D eigenvalue weighted by atomic mass is 9.69. The molecule has 5 nitrogen and oxygen atoms in total. The van der Waals surface area contributed by atoms with Gasteiger partial charge >= 0.3 is 0 Å². The highest BCUT2D eigenvalue weighted by Gasteiger charge is 2.61. The molecule has 2 bridgehead atoms. The third-order valence-electron chi connectivity index (χ3n) is 6.57. The van der Waals surface area contributed by atoms with Crippen LogP contribution in [0.1, 0.15) is 50.5 Å². The Balaban J connectivity index is 1.58. The van der Waals surface area contributed by atoms with Gasteiger partial charge in [-0.1, -0.05) is 20.8 Å². The number of carbonyl (C=O) groups excluding carboxylic acids is 1. The van der Waals surface area contributed by atoms with E-state index < -0.39 is 0 Å². The first kappa shape index (κ1) is 13.7. The molecule has 0 aliphatic heterocycles. The van der Waals surface area contributed by atoms with Crippen LogP contribution in [0.15, 0.2) is 24.7 Å². The number of hydrogen-bond donors (Lipinski definition) is 1. The molecule has 22 heavy (non-hydrogen) atoms. The van der Waals surface area contributed by atoms with Crippen molar-refractivity contribution in [2.75, 3.05) is 0 Å². The number of aromatic nitrogens is 3. The molecule has 0 radical (unpaired) electrons. The van der Waals surface area contributed by atoms with Gasteiger partial charge in [-0.25, -0.2) is 9.97 Å². The fourth-order valence-corrected chi connectivity index (χ4v) is 4.59. The SMILES string of the molecule is CC1(C)[C@H]2CC[C@@]1(C)[C@H](NC(=O)c1cn3cccnc3n1)C2. The van der Waals surface area contributed by atoms with E-state index in [-0.39, 0.29) is 17.4 Å². The summed E-state index contributed by atoms with van der Waals surface area (Å²) < 4.78 is 1.78. The van der Waals surface area contributed by atoms with Crippen molar-refractivity contribution in [3.05, 3.63) is 30.4 Å². The molecule has 3 atom stereocenters. The lowest BCUT2D eigenvalue weighted by Crippen LogP contribution is -2.46. The molecule has 2 aliphatic rings. The van der Waals surface area contributed by atoms with Crippen molar-refractivity contribution in [3.8, 4) is 0 Å². The highest BCUT2D eigenvalue weighted by molar-refractivity contribution is 5.93. The van der Waals surface area contributed by atoms with E-state index in [1.54, 1.807) is 16.8 Å². The Labute approximate surface area is 130 Å². The summed E-state index contributed by atoms with van der Waals surface area (Å²) in [6.45, 7) is 7.04. The van der Waals surface area contributed by atoms with Gasteiger partial charge in [0, 0.05) is 24.6 Å². The number of carbonyl (C=O) groups is 1. The molecule has 4 rings (SSSR count). The number of fused-ring (bicyclic) bond motifs is 3. The first-order valence-electron chi connectivity index (χ1n) is 8.02. The van der Waals surface area contributed by atoms with Gasteiger partial charge in [0.15, 0.2) is 0 Å². The van der Waals surface area contributed by atoms with E-state index in [1.807, 2.05) is 12.3 Å². The van der Waals surface area contributed by atoms with Crippen LogP contribution in [-0.4, -0.2) is 26.3 Å². The van der Waals surface area contributed by atoms with Crippen molar-refractivity contribution in [2.45, 2.75) is 46.1 Å². The number of nitrogens with zero attached hydrogens (tertiary/aromatic N) is 3. The zero-order chi connectivity index (χ0) is 15.5. The molecule has 2 aromatic rings. The van der Waals surface area contributed by atoms with Crippen LogP contribution in [0.3, 0.4) is 0 Å². The van der Waals surface area contributed by atoms with E-state index in [1.165, 1.54) is 12.8 Å². The van der Waals surface area contributed by atoms with E-state index in [2.05, 4.69) is 36.1 Å². The third-order valence-corrected chi connectivity index (χ3v) is 6.57. The first-order valence-corrected chi connectivity index (χ1v) is 8.02. The molecule has 2 fully saturated rings. The zero-order valence-electron chi connectivity index (χ0n) is 13.3. The fourth-order valence-electron chi connectivity index (χ4n) is 4.59. The monoisotopic (exact) mass is 298 g/mol. The summed E-state index contributed by atoms with van der Waals surface area (Å²) in [6.07, 6.45) is 8.85. The summed E-state index contributed by atoms with van der Waals surface area (Å²) in [6, 6.07) is 2.07. The van der Waals surface area contributed by atoms with Crippen LogP contribution in [0, 0.1) is 16.7 Å². The predicted molar refractivity (Wildman–Crippen MR) is 83.5 cm³/mol. The number of imidazole rings is 1. The molecule has 2 aliphatic carbocycles. The van der Waals surface area contributed by atoms with Gasteiger partial charge in [-0.15, -0.1) is 0 Å². The Morgan fingerprint density at radius 3 is 2.86 bits per heavy atom. The smallest absolute Gasteiger partial charge is 0.271 e. The normalized spacial score (nSPS) is 32.5. The highest BCUT2D eigenvalue weighted by Crippen LogP contribution is 2.65. The molecule has 5 heteroatoms. The van der Waals surface area contributed by atoms with Crippen LogP contribution in [0.4, 0.5) is 0 Å². The molecule has 116 valence electrons. The number of amides is 1. The van der Waals surface area contributed by atoms with E-state index >= 15 is 0 Å². The average molecular weight is 298 g/mol. The van der Waals surface area contributed by atoms with Gasteiger partial charge in [0.1, 0.15) is 5.69 Å². The van der Waals surface area contributed by atoms with Gasteiger partial charge in [0.05, 0.1) is 0 Å². The molecule has 2 saturated carbocycles. The van der Waals surface area contributed by atoms with Crippen molar-refractivity contribution < 1.29 is 4.79 Å². The van der Waals surface area contributed by atoms with Crippen molar-refractivity contribution in [3.63, 3.8) is 0 Å². The predicted octanol–water partition coefficient (Wildman–Crippen LogP) is 2.67. The maximum absolute atomic E-state index is 12.6. The lowest BCUT2D eigenvalue weighted by molar-refractivity contribution is 0.0822. The highest BCUT2D eigenvalue weighted by atomic mass is 16.2. The van der Waals surface area contributed by atoms with E-state index in [0.29, 0.717) is 22.8 Å². The van der Waals surface area contributed by atoms with Crippen LogP contribution >= 0.6 is 0 Å². The van der Waals surface area contributed by atoms with Crippen molar-refractivity contribution in [1.82, 2.24) is 19.7 Å². The second-order valence-corrected chi connectivity index (χ2v) is 7.59. The molecule has 1 amide bonds. The van der Waals surface area contributed by atoms with Crippen molar-refractivity contribution in [2.24, 2.45) is 16.7 Å². The van der Waals surface area contributed by atoms with Gasteiger partial charge in [0.2, 0.25) is 5.78 Å². The van der Waals surface area contributed by atoms with E-state index in [0.717, 1.165) is 6.42 Å². The maximum Gasteiger partial charge on any atom is 0.271 e. The van der Waals surface area contributed by atoms with Crippen LogP contribution < -0.4 is 5.32 Å². The van der Waals surface area contributed by atoms with Gasteiger partial charge < -0.3 is 5.32 Å². The van der Waals surface area contributed by atoms with Gasteiger partial charge in [0.25, 0.3) is 5.91 Å². The van der Waals surface area contributed by atoms with Crippen LogP contribution in [0.5, 0.6) is 0 Å². The quantitative estimate of drug-likeness (QED) is 0.927. The maximum atomic E-state index is 12.6. The van der Waals surface area contributed by atoms with Gasteiger partial charge in [-0.3, -0.25) is 9.20 Å². The summed E-state index contributed by atoms with van der Waals surface area (Å²) in [7, 11) is 0. The summed E-state index contributed by atoms with van der Waals surface area (Å²) in [5.74, 6) is 1.19. The minimum atomic E-state index is -0.0833. The molecule has 1 N–H and O–H groups in total. The Morgan fingerprint density at radius 1 is 1.41 bits per heavy atom. The van der Waals surface area contributed by atoms with Gasteiger partial charge in [-0.2, -0.15) is 0 Å². The van der Waals surface area contributed by atoms with Crippen LogP contribution in [0.25, 0.3) is 5.78 Å². The first-order chi connectivity index (χ1) is 10.4.